The predicted octanol–water partition coefficient (Wildman–Crippen LogP) is 1.13. The summed E-state index contributed by atoms with van der Waals surface area (Å²) in [5, 5.41) is 6.30. The van der Waals surface area contributed by atoms with Gasteiger partial charge < -0.3 is 15.5 Å². The Bertz CT molecular complexity index is 285. The average molecular weight is 364 g/mol. The second-order valence-electron chi connectivity index (χ2n) is 4.33. The normalized spacial score (nSPS) is 20.1. The Morgan fingerprint density at radius 2 is 2.22 bits per heavy atom. The maximum Gasteiger partial charge on any atom is 0.192 e. The maximum atomic E-state index is 5.23. The fourth-order valence-electron chi connectivity index (χ4n) is 2.05. The molecule has 1 unspecified atom stereocenters. The Morgan fingerprint density at radius 3 is 2.78 bits per heavy atom. The van der Waals surface area contributed by atoms with Gasteiger partial charge in [-0.1, -0.05) is 12.8 Å². The van der Waals surface area contributed by atoms with E-state index in [1.807, 2.05) is 0 Å². The number of halogens is 1. The van der Waals surface area contributed by atoms with Crippen molar-refractivity contribution >= 4 is 29.9 Å². The molecule has 0 amide bonds. The van der Waals surface area contributed by atoms with E-state index in [1.165, 1.54) is 19.5 Å². The fourth-order valence-corrected chi connectivity index (χ4v) is 2.05. The third kappa shape index (κ3) is 6.45. The summed E-state index contributed by atoms with van der Waals surface area (Å²) in [6.07, 6.45) is 6.48. The van der Waals surface area contributed by atoms with Gasteiger partial charge in [-0.15, -0.1) is 30.4 Å². The number of guanidine groups is 1. The van der Waals surface area contributed by atoms with Crippen molar-refractivity contribution in [3.05, 3.63) is 0 Å². The first kappa shape index (κ1) is 17.5. The molecule has 1 atom stereocenters. The molecule has 1 rings (SSSR count). The number of hydrogen-bond donors (Lipinski definition) is 2. The summed E-state index contributed by atoms with van der Waals surface area (Å²) in [7, 11) is 0. The highest BCUT2D eigenvalue weighted by Crippen LogP contribution is 2.15. The van der Waals surface area contributed by atoms with Crippen LogP contribution in [0.4, 0.5) is 0 Å². The monoisotopic (exact) mass is 364 g/mol. The zero-order valence-corrected chi connectivity index (χ0v) is 13.7. The van der Waals surface area contributed by atoms with Crippen molar-refractivity contribution in [2.45, 2.75) is 20.3 Å². The highest BCUT2D eigenvalue weighted by molar-refractivity contribution is 14.0. The maximum absolute atomic E-state index is 5.23. The second-order valence-corrected chi connectivity index (χ2v) is 4.33. The molecule has 0 aromatic heterocycles. The highest BCUT2D eigenvalue weighted by Gasteiger charge is 2.20. The van der Waals surface area contributed by atoms with Crippen LogP contribution in [0.2, 0.25) is 0 Å². The van der Waals surface area contributed by atoms with Crippen LogP contribution in [0.5, 0.6) is 0 Å². The van der Waals surface area contributed by atoms with E-state index >= 15 is 0 Å². The molecule has 5 heteroatoms. The third-order valence-corrected chi connectivity index (χ3v) is 3.03. The summed E-state index contributed by atoms with van der Waals surface area (Å²) in [4.78, 5) is 7.05. The summed E-state index contributed by atoms with van der Waals surface area (Å²) in [6.45, 7) is 10.1. The molecule has 18 heavy (non-hydrogen) atoms. The van der Waals surface area contributed by atoms with Gasteiger partial charge in [0.25, 0.3) is 0 Å². The smallest absolute Gasteiger partial charge is 0.192 e. The molecular weight excluding hydrogens is 339 g/mol. The Kier molecular flexibility index (Phi) is 10.2. The zero-order chi connectivity index (χ0) is 12.5. The van der Waals surface area contributed by atoms with Crippen molar-refractivity contribution < 1.29 is 0 Å². The van der Waals surface area contributed by atoms with Crippen molar-refractivity contribution in [1.82, 2.24) is 15.5 Å². The molecule has 1 fully saturated rings. The SMILES string of the molecule is C#CCNC(=NCC1CCN(CC)C1)NCC.I. The fraction of sp³-hybridized carbons (Fsp3) is 0.769. The largest absolute Gasteiger partial charge is 0.357 e. The first-order valence-corrected chi connectivity index (χ1v) is 6.48. The van der Waals surface area contributed by atoms with Crippen LogP contribution in [0, 0.1) is 18.3 Å². The van der Waals surface area contributed by atoms with Crippen molar-refractivity contribution in [3.63, 3.8) is 0 Å². The van der Waals surface area contributed by atoms with Gasteiger partial charge in [-0.05, 0) is 32.4 Å². The quantitative estimate of drug-likeness (QED) is 0.333. The van der Waals surface area contributed by atoms with Crippen LogP contribution in [0.25, 0.3) is 0 Å². The number of aliphatic imine (C=N–C) groups is 1. The average Bonchev–Trinajstić information content (AvgIpc) is 2.80. The summed E-state index contributed by atoms with van der Waals surface area (Å²) < 4.78 is 0. The Balaban J connectivity index is 0.00000289. The Labute approximate surface area is 128 Å². The lowest BCUT2D eigenvalue weighted by Crippen LogP contribution is -2.37. The minimum Gasteiger partial charge on any atom is -0.357 e. The van der Waals surface area contributed by atoms with E-state index in [-0.39, 0.29) is 24.0 Å². The molecule has 1 aliphatic heterocycles. The predicted molar refractivity (Wildman–Crippen MR) is 88.5 cm³/mol. The number of rotatable bonds is 5. The molecule has 2 N–H and O–H groups in total. The van der Waals surface area contributed by atoms with Crippen LogP contribution >= 0.6 is 24.0 Å². The first-order chi connectivity index (χ1) is 8.30. The first-order valence-electron chi connectivity index (χ1n) is 6.48. The number of terminal acetylenes is 1. The molecule has 0 saturated carbocycles. The van der Waals surface area contributed by atoms with Gasteiger partial charge in [0.05, 0.1) is 6.54 Å². The molecule has 0 radical (unpaired) electrons. The van der Waals surface area contributed by atoms with E-state index in [4.69, 9.17) is 6.42 Å². The third-order valence-electron chi connectivity index (χ3n) is 3.03. The molecular formula is C13H25IN4. The molecule has 1 heterocycles. The van der Waals surface area contributed by atoms with E-state index in [2.05, 4.69) is 40.3 Å². The molecule has 1 aliphatic rings. The summed E-state index contributed by atoms with van der Waals surface area (Å²) >= 11 is 0. The lowest BCUT2D eigenvalue weighted by Gasteiger charge is -2.13. The van der Waals surface area contributed by atoms with Gasteiger partial charge in [-0.3, -0.25) is 4.99 Å². The van der Waals surface area contributed by atoms with Crippen LogP contribution in [0.3, 0.4) is 0 Å². The number of nitrogens with one attached hydrogen (secondary N) is 2. The summed E-state index contributed by atoms with van der Waals surface area (Å²) in [5.41, 5.74) is 0. The number of hydrogen-bond acceptors (Lipinski definition) is 2. The van der Waals surface area contributed by atoms with Crippen LogP contribution in [0.15, 0.2) is 4.99 Å². The molecule has 104 valence electrons. The van der Waals surface area contributed by atoms with Crippen molar-refractivity contribution in [1.29, 1.82) is 0 Å². The number of likely N-dealkylation sites (tertiary alicyclic amines) is 1. The van der Waals surface area contributed by atoms with Gasteiger partial charge in [0.2, 0.25) is 0 Å². The van der Waals surface area contributed by atoms with Crippen molar-refractivity contribution in [2.24, 2.45) is 10.9 Å². The highest BCUT2D eigenvalue weighted by atomic mass is 127. The topological polar surface area (TPSA) is 39.7 Å². The summed E-state index contributed by atoms with van der Waals surface area (Å²) in [6, 6.07) is 0. The molecule has 0 aromatic rings. The van der Waals surface area contributed by atoms with Crippen LogP contribution in [-0.4, -0.2) is 50.1 Å². The van der Waals surface area contributed by atoms with Crippen LogP contribution in [-0.2, 0) is 0 Å². The van der Waals surface area contributed by atoms with Gasteiger partial charge in [0.15, 0.2) is 5.96 Å². The molecule has 0 aromatic carbocycles. The van der Waals surface area contributed by atoms with Gasteiger partial charge in [-0.25, -0.2) is 0 Å². The molecule has 0 bridgehead atoms. The van der Waals surface area contributed by atoms with E-state index < -0.39 is 0 Å². The van der Waals surface area contributed by atoms with Crippen LogP contribution < -0.4 is 10.6 Å². The van der Waals surface area contributed by atoms with E-state index in [1.54, 1.807) is 0 Å². The number of nitrogens with zero attached hydrogens (tertiary/aromatic N) is 2. The van der Waals surface area contributed by atoms with Gasteiger partial charge in [-0.2, -0.15) is 0 Å². The van der Waals surface area contributed by atoms with Crippen LogP contribution in [0.1, 0.15) is 20.3 Å². The zero-order valence-electron chi connectivity index (χ0n) is 11.4. The molecule has 1 saturated heterocycles. The minimum absolute atomic E-state index is 0. The van der Waals surface area contributed by atoms with Gasteiger partial charge in [0.1, 0.15) is 0 Å². The van der Waals surface area contributed by atoms with Gasteiger partial charge >= 0.3 is 0 Å². The molecule has 4 nitrogen and oxygen atoms in total. The Morgan fingerprint density at radius 1 is 1.44 bits per heavy atom. The second kappa shape index (κ2) is 10.4. The lowest BCUT2D eigenvalue weighted by molar-refractivity contribution is 0.343. The van der Waals surface area contributed by atoms with Gasteiger partial charge in [0, 0.05) is 19.6 Å². The lowest BCUT2D eigenvalue weighted by atomic mass is 10.1. The Hall–Kier alpha value is -0.480. The minimum atomic E-state index is 0. The molecule has 0 aliphatic carbocycles. The standard InChI is InChI=1S/C13H24N4.HI/c1-4-8-15-13(14-5-2)16-10-12-7-9-17(6-3)11-12;/h1,12H,5-11H2,2-3H3,(H2,14,15,16);1H. The van der Waals surface area contributed by atoms with Crippen molar-refractivity contribution in [3.8, 4) is 12.3 Å². The van der Waals surface area contributed by atoms with Crippen molar-refractivity contribution in [2.75, 3.05) is 39.3 Å². The van der Waals surface area contributed by atoms with E-state index in [9.17, 15) is 0 Å². The van der Waals surface area contributed by atoms with E-state index in [0.29, 0.717) is 12.5 Å². The summed E-state index contributed by atoms with van der Waals surface area (Å²) in [5.74, 6) is 4.09. The molecule has 0 spiro atoms. The van der Waals surface area contributed by atoms with E-state index in [0.717, 1.165) is 25.6 Å².